The summed E-state index contributed by atoms with van der Waals surface area (Å²) in [7, 11) is 0. The highest BCUT2D eigenvalue weighted by Gasteiger charge is 2.59. The summed E-state index contributed by atoms with van der Waals surface area (Å²) >= 11 is 0. The van der Waals surface area contributed by atoms with Gasteiger partial charge in [0.2, 0.25) is 5.95 Å². The summed E-state index contributed by atoms with van der Waals surface area (Å²) < 4.78 is 49.5. The molecular weight excluding hydrogens is 425 g/mol. The number of ether oxygens (including phenoxy) is 1. The van der Waals surface area contributed by atoms with Crippen molar-refractivity contribution in [1.29, 1.82) is 0 Å². The molecule has 2 aromatic rings. The average molecular weight is 450 g/mol. The van der Waals surface area contributed by atoms with Gasteiger partial charge in [-0.2, -0.15) is 18.2 Å². The molecule has 0 saturated carbocycles. The fourth-order valence-corrected chi connectivity index (χ4v) is 4.91. The van der Waals surface area contributed by atoms with Gasteiger partial charge >= 0.3 is 6.18 Å². The molecule has 0 aliphatic carbocycles. The van der Waals surface area contributed by atoms with Crippen LogP contribution < -0.4 is 15.4 Å². The number of benzene rings is 1. The van der Waals surface area contributed by atoms with Gasteiger partial charge in [0, 0.05) is 25.7 Å². The molecule has 1 aromatic heterocycles. The number of fused-ring (bicyclic) bond motifs is 3. The van der Waals surface area contributed by atoms with Crippen LogP contribution in [0.3, 0.4) is 0 Å². The number of anilines is 2. The summed E-state index contributed by atoms with van der Waals surface area (Å²) in [5.74, 6) is 0.546. The second-order valence-electron chi connectivity index (χ2n) is 9.04. The van der Waals surface area contributed by atoms with Crippen LogP contribution in [0.2, 0.25) is 0 Å². The van der Waals surface area contributed by atoms with Crippen molar-refractivity contribution in [1.82, 2.24) is 9.55 Å². The monoisotopic (exact) mass is 450 g/mol. The molecule has 172 valence electrons. The maximum Gasteiger partial charge on any atom is 0.413 e. The number of alkyl halides is 3. The third-order valence-corrected chi connectivity index (χ3v) is 6.82. The number of rotatable bonds is 4. The third kappa shape index (κ3) is 3.50. The first-order valence-corrected chi connectivity index (χ1v) is 10.8. The Hall–Kier alpha value is -2.75. The van der Waals surface area contributed by atoms with Gasteiger partial charge in [-0.3, -0.25) is 9.36 Å². The molecule has 1 N–H and O–H groups in total. The first-order chi connectivity index (χ1) is 15.1. The van der Waals surface area contributed by atoms with Crippen molar-refractivity contribution in [3.63, 3.8) is 0 Å². The Morgan fingerprint density at radius 1 is 1.19 bits per heavy atom. The van der Waals surface area contributed by atoms with E-state index in [2.05, 4.69) is 4.98 Å². The fourth-order valence-electron chi connectivity index (χ4n) is 4.91. The van der Waals surface area contributed by atoms with Gasteiger partial charge in [0.1, 0.15) is 11.6 Å². The zero-order chi connectivity index (χ0) is 22.7. The van der Waals surface area contributed by atoms with Crippen LogP contribution in [0, 0.1) is 0 Å². The van der Waals surface area contributed by atoms with Gasteiger partial charge in [0.25, 0.3) is 5.56 Å². The van der Waals surface area contributed by atoms with Gasteiger partial charge in [0.15, 0.2) is 5.54 Å². The van der Waals surface area contributed by atoms with Crippen molar-refractivity contribution in [2.45, 2.75) is 56.7 Å². The Morgan fingerprint density at radius 3 is 2.47 bits per heavy atom. The van der Waals surface area contributed by atoms with E-state index in [1.54, 1.807) is 12.1 Å². The van der Waals surface area contributed by atoms with Gasteiger partial charge in [-0.25, -0.2) is 0 Å². The predicted octanol–water partition coefficient (Wildman–Crippen LogP) is 2.70. The van der Waals surface area contributed by atoms with Crippen LogP contribution >= 0.6 is 0 Å². The highest BCUT2D eigenvalue weighted by Crippen LogP contribution is 2.43. The summed E-state index contributed by atoms with van der Waals surface area (Å²) in [4.78, 5) is 20.6. The Balaban J connectivity index is 1.49. The molecule has 10 heteroatoms. The molecule has 4 heterocycles. The number of phenolic OH excluding ortho intramolecular Hbond substituents is 1. The van der Waals surface area contributed by atoms with Crippen molar-refractivity contribution >= 4 is 11.8 Å². The minimum Gasteiger partial charge on any atom is -0.508 e. The number of aromatic hydroxyl groups is 1. The molecule has 1 aromatic carbocycles. The van der Waals surface area contributed by atoms with Gasteiger partial charge in [0.05, 0.1) is 18.8 Å². The number of halogens is 3. The van der Waals surface area contributed by atoms with Crippen molar-refractivity contribution in [2.24, 2.45) is 0 Å². The quantitative estimate of drug-likeness (QED) is 0.773. The van der Waals surface area contributed by atoms with E-state index >= 15 is 0 Å². The Kier molecular flexibility index (Phi) is 4.88. The largest absolute Gasteiger partial charge is 0.508 e. The SMILES string of the molecule is CC1(C(F)(F)F)Cn2c(nc(N3CC4CC[C@@H](C3)O4)cc2=O)N1CCc1ccc(O)cc1. The Bertz CT molecular complexity index is 1060. The zero-order valence-corrected chi connectivity index (χ0v) is 17.7. The van der Waals surface area contributed by atoms with Crippen molar-refractivity contribution < 1.29 is 23.0 Å². The van der Waals surface area contributed by atoms with E-state index in [1.165, 1.54) is 23.1 Å². The summed E-state index contributed by atoms with van der Waals surface area (Å²) in [6, 6.07) is 7.70. The molecule has 2 unspecified atom stereocenters. The molecule has 2 saturated heterocycles. The summed E-state index contributed by atoms with van der Waals surface area (Å²) in [5, 5.41) is 9.46. The molecular formula is C22H25F3N4O3. The van der Waals surface area contributed by atoms with E-state index in [0.29, 0.717) is 25.3 Å². The van der Waals surface area contributed by atoms with Crippen molar-refractivity contribution in [3.8, 4) is 5.75 Å². The van der Waals surface area contributed by atoms with E-state index in [-0.39, 0.29) is 30.5 Å². The molecule has 3 aliphatic heterocycles. The second kappa shape index (κ2) is 7.40. The second-order valence-corrected chi connectivity index (χ2v) is 9.04. The molecule has 3 atom stereocenters. The highest BCUT2D eigenvalue weighted by atomic mass is 19.4. The molecule has 2 bridgehead atoms. The summed E-state index contributed by atoms with van der Waals surface area (Å²) in [5.41, 5.74) is -1.94. The van der Waals surface area contributed by atoms with Crippen LogP contribution in [-0.4, -0.2) is 58.2 Å². The van der Waals surface area contributed by atoms with Gasteiger partial charge in [-0.1, -0.05) is 12.1 Å². The summed E-state index contributed by atoms with van der Waals surface area (Å²) in [6.45, 7) is 1.81. The van der Waals surface area contributed by atoms with E-state index in [0.717, 1.165) is 29.9 Å². The number of aromatic nitrogens is 2. The lowest BCUT2D eigenvalue weighted by atomic mass is 10.00. The minimum absolute atomic E-state index is 0.0328. The lowest BCUT2D eigenvalue weighted by Gasteiger charge is -2.37. The molecule has 5 rings (SSSR count). The van der Waals surface area contributed by atoms with Crippen molar-refractivity contribution in [2.75, 3.05) is 29.4 Å². The van der Waals surface area contributed by atoms with Crippen LogP contribution in [0.25, 0.3) is 0 Å². The third-order valence-electron chi connectivity index (χ3n) is 6.82. The maximum atomic E-state index is 14.2. The van der Waals surface area contributed by atoms with Gasteiger partial charge in [-0.15, -0.1) is 0 Å². The normalized spacial score (nSPS) is 27.1. The van der Waals surface area contributed by atoms with Crippen LogP contribution in [0.15, 0.2) is 35.1 Å². The number of phenols is 1. The lowest BCUT2D eigenvalue weighted by molar-refractivity contribution is -0.182. The summed E-state index contributed by atoms with van der Waals surface area (Å²) in [6.07, 6.45) is -2.23. The predicted molar refractivity (Wildman–Crippen MR) is 112 cm³/mol. The first kappa shape index (κ1) is 21.1. The molecule has 7 nitrogen and oxygen atoms in total. The number of morpholine rings is 1. The van der Waals surface area contributed by atoms with Crippen LogP contribution in [0.1, 0.15) is 25.3 Å². The maximum absolute atomic E-state index is 14.2. The molecule has 0 spiro atoms. The first-order valence-electron chi connectivity index (χ1n) is 10.8. The molecule has 3 aliphatic rings. The van der Waals surface area contributed by atoms with E-state index in [4.69, 9.17) is 4.74 Å². The number of hydrogen-bond acceptors (Lipinski definition) is 6. The van der Waals surface area contributed by atoms with Gasteiger partial charge < -0.3 is 19.6 Å². The number of hydrogen-bond donors (Lipinski definition) is 1. The molecule has 2 fully saturated rings. The van der Waals surface area contributed by atoms with E-state index in [9.17, 15) is 23.1 Å². The molecule has 0 amide bonds. The van der Waals surface area contributed by atoms with E-state index < -0.39 is 23.8 Å². The highest BCUT2D eigenvalue weighted by molar-refractivity contribution is 5.50. The van der Waals surface area contributed by atoms with Crippen LogP contribution in [0.5, 0.6) is 5.75 Å². The number of nitrogens with zero attached hydrogens (tertiary/aromatic N) is 4. The zero-order valence-electron chi connectivity index (χ0n) is 17.7. The topological polar surface area (TPSA) is 70.8 Å². The smallest absolute Gasteiger partial charge is 0.413 e. The van der Waals surface area contributed by atoms with Crippen molar-refractivity contribution in [3.05, 3.63) is 46.2 Å². The lowest BCUT2D eigenvalue weighted by Crippen LogP contribution is -2.56. The Morgan fingerprint density at radius 2 is 1.84 bits per heavy atom. The van der Waals surface area contributed by atoms with Crippen LogP contribution in [-0.2, 0) is 17.7 Å². The van der Waals surface area contributed by atoms with E-state index in [1.807, 2.05) is 4.90 Å². The Labute approximate surface area is 183 Å². The standard InChI is InChI=1S/C22H25F3N4O3/c1-21(22(23,24)25)13-28-19(31)10-18(27-11-16-6-7-17(12-27)32-16)26-20(28)29(21)9-8-14-2-4-15(30)5-3-14/h2-5,10,16-17,30H,6-9,11-13H2,1H3/t16-,17?,21?/m0/s1. The molecule has 0 radical (unpaired) electrons. The fraction of sp³-hybridized carbons (Fsp3) is 0.545. The van der Waals surface area contributed by atoms with Crippen LogP contribution in [0.4, 0.5) is 24.9 Å². The average Bonchev–Trinajstić information content (AvgIpc) is 3.23. The van der Waals surface area contributed by atoms with Gasteiger partial charge in [-0.05, 0) is 43.9 Å². The minimum atomic E-state index is -4.56. The molecule has 32 heavy (non-hydrogen) atoms.